The van der Waals surface area contributed by atoms with Crippen LogP contribution in [0.5, 0.6) is 0 Å². The predicted molar refractivity (Wildman–Crippen MR) is 84.0 cm³/mol. The number of likely N-dealkylation sites (N-methyl/N-ethyl adjacent to an activating group) is 1. The summed E-state index contributed by atoms with van der Waals surface area (Å²) in [6.45, 7) is -17.6. The third-order valence-electron chi connectivity index (χ3n) is 2.52. The van der Waals surface area contributed by atoms with E-state index >= 15 is 0 Å². The minimum absolute atomic E-state index is 0.0966. The normalized spacial score (nSPS) is 27.9. The van der Waals surface area contributed by atoms with Gasteiger partial charge in [-0.2, -0.15) is 0 Å². The average Bonchev–Trinajstić information content (AvgIpc) is 2.64. The fourth-order valence-electron chi connectivity index (χ4n) is 1.66. The Hall–Kier alpha value is -1.64. The van der Waals surface area contributed by atoms with Crippen molar-refractivity contribution in [3.05, 3.63) is 71.3 Å². The van der Waals surface area contributed by atoms with Gasteiger partial charge in [0.05, 0.1) is 10.7 Å². The molecule has 0 N–H and O–H groups in total. The number of hydrogen-bond donors (Lipinski definition) is 0. The maximum atomic E-state index is 9.03. The fraction of sp³-hybridized carbons (Fsp3) is 0.333. The molecule has 2 rings (SSSR count). The molecule has 106 valence electrons. The molecule has 0 heterocycles. The van der Waals surface area contributed by atoms with Gasteiger partial charge in [-0.15, -0.1) is 0 Å². The molecule has 20 heavy (non-hydrogen) atoms. The van der Waals surface area contributed by atoms with Gasteiger partial charge in [-0.05, 0) is 37.5 Å². The molecule has 1 unspecified atom stereocenters. The number of ether oxygens (including phenoxy) is 1. The molecule has 0 aliphatic rings. The third-order valence-corrected chi connectivity index (χ3v) is 2.52. The van der Waals surface area contributed by atoms with Crippen LogP contribution in [0, 0.1) is 6.85 Å². The molecule has 0 saturated carbocycles. The van der Waals surface area contributed by atoms with Gasteiger partial charge in [-0.3, -0.25) is 0 Å². The first-order valence-corrected chi connectivity index (χ1v) is 5.82. The van der Waals surface area contributed by atoms with Gasteiger partial charge in [-0.1, -0.05) is 54.6 Å². The van der Waals surface area contributed by atoms with E-state index in [1.165, 1.54) is 48.5 Å². The van der Waals surface area contributed by atoms with Crippen LogP contribution >= 0.6 is 0 Å². The zero-order valence-electron chi connectivity index (χ0n) is 24.6. The Bertz CT molecular complexity index is 969. The van der Waals surface area contributed by atoms with Crippen LogP contribution in [0.3, 0.4) is 0 Å². The van der Waals surface area contributed by atoms with Gasteiger partial charge in [0.1, 0.15) is 6.08 Å². The maximum absolute atomic E-state index is 9.03. The lowest BCUT2D eigenvalue weighted by molar-refractivity contribution is 0.0683. The van der Waals surface area contributed by atoms with Crippen LogP contribution in [0.15, 0.2) is 54.6 Å². The largest absolute Gasteiger partial charge is 0.367 e. The van der Waals surface area contributed by atoms with Crippen molar-refractivity contribution in [1.82, 2.24) is 4.90 Å². The first-order valence-electron chi connectivity index (χ1n) is 12.8. The summed E-state index contributed by atoms with van der Waals surface area (Å²) in [6.07, 6.45) is -2.71. The Kier molecular flexibility index (Phi) is 1.80. The monoisotopic (exact) mass is 283 g/mol. The lowest BCUT2D eigenvalue weighted by atomic mass is 9.97. The van der Waals surface area contributed by atoms with Crippen LogP contribution in [0.1, 0.15) is 42.0 Å². The minimum Gasteiger partial charge on any atom is -0.367 e. The molecule has 0 fully saturated rings. The highest BCUT2D eigenvalue weighted by molar-refractivity contribution is 5.35. The molecule has 0 saturated heterocycles. The first-order chi connectivity index (χ1) is 15.2. The van der Waals surface area contributed by atoms with Crippen molar-refractivity contribution in [3.63, 3.8) is 0 Å². The number of benzene rings is 2. The Balaban J connectivity index is 2.77. The summed E-state index contributed by atoms with van der Waals surface area (Å²) < 4.78 is 115. The van der Waals surface area contributed by atoms with Crippen molar-refractivity contribution in [2.24, 2.45) is 0 Å². The van der Waals surface area contributed by atoms with E-state index in [-0.39, 0.29) is 16.7 Å². The zero-order valence-corrected chi connectivity index (χ0v) is 10.6. The van der Waals surface area contributed by atoms with Crippen molar-refractivity contribution in [3.8, 4) is 0 Å². The summed E-state index contributed by atoms with van der Waals surface area (Å²) in [5, 5.41) is 0. The highest BCUT2D eigenvalue weighted by atomic mass is 16.5. The van der Waals surface area contributed by atoms with E-state index < -0.39 is 44.8 Å². The van der Waals surface area contributed by atoms with Crippen LogP contribution < -0.4 is 0 Å². The van der Waals surface area contributed by atoms with Crippen molar-refractivity contribution in [1.29, 1.82) is 0 Å². The summed E-state index contributed by atoms with van der Waals surface area (Å²) in [6, 6.07) is 12.3. The van der Waals surface area contributed by atoms with Crippen molar-refractivity contribution in [2.75, 3.05) is 27.0 Å². The molecule has 2 aromatic carbocycles. The second-order valence-electron chi connectivity index (χ2n) is 3.89. The van der Waals surface area contributed by atoms with Gasteiger partial charge in [0.2, 0.25) is 0 Å². The summed E-state index contributed by atoms with van der Waals surface area (Å²) in [5.41, 5.74) is -0.829. The topological polar surface area (TPSA) is 12.5 Å². The van der Waals surface area contributed by atoms with Crippen molar-refractivity contribution in [2.45, 2.75) is 12.9 Å². The average molecular weight is 283 g/mol. The summed E-state index contributed by atoms with van der Waals surface area (Å²) >= 11 is 0. The molecular weight excluding hydrogens is 246 g/mol. The van der Waals surface area contributed by atoms with E-state index in [0.717, 1.165) is 0 Å². The molecule has 2 aromatic rings. The van der Waals surface area contributed by atoms with Crippen LogP contribution in [0.25, 0.3) is 0 Å². The number of hydrogen-bond acceptors (Lipinski definition) is 2. The highest BCUT2D eigenvalue weighted by Crippen LogP contribution is 2.28. The van der Waals surface area contributed by atoms with Crippen LogP contribution in [-0.2, 0) is 4.74 Å². The summed E-state index contributed by atoms with van der Waals surface area (Å²) in [4.78, 5) is -0.617. The standard InChI is InChI=1S/C18H23NO/c1-15-9-7-8-12-17(15)18(20-14-13-19(2)3)16-10-5-4-6-11-16/h4-12,18H,13-14H2,1-3H3/i1D3,2D3,3D3,13D2,14D2,18D. The second kappa shape index (κ2) is 7.22. The first kappa shape index (κ1) is 4.97. The molecule has 2 nitrogen and oxygen atoms in total. The maximum Gasteiger partial charge on any atom is 0.108 e. The van der Waals surface area contributed by atoms with Gasteiger partial charge in [0.15, 0.2) is 0 Å². The zero-order chi connectivity index (χ0) is 26.4. The van der Waals surface area contributed by atoms with Crippen LogP contribution in [0.4, 0.5) is 0 Å². The molecule has 0 bridgehead atoms. The molecule has 0 radical (unpaired) electrons. The highest BCUT2D eigenvalue weighted by Gasteiger charge is 2.16. The minimum atomic E-state index is -3.82. The SMILES string of the molecule is [2H]C([2H])([2H])c1ccccc1C([2H])(OC([2H])([2H])C([2H])([2H])N(C([2H])([2H])[2H])C([2H])([2H])[2H])c1ccccc1. The van der Waals surface area contributed by atoms with Gasteiger partial charge < -0.3 is 9.64 Å². The quantitative estimate of drug-likeness (QED) is 0.802. The van der Waals surface area contributed by atoms with Crippen LogP contribution in [-0.4, -0.2) is 31.9 Å². The summed E-state index contributed by atoms with van der Waals surface area (Å²) in [5.74, 6) is 0. The molecule has 0 aromatic heterocycles. The predicted octanol–water partition coefficient (Wildman–Crippen LogP) is 3.66. The van der Waals surface area contributed by atoms with Gasteiger partial charge in [-0.25, -0.2) is 0 Å². The Morgan fingerprint density at radius 2 is 1.90 bits per heavy atom. The summed E-state index contributed by atoms with van der Waals surface area (Å²) in [7, 11) is 0. The van der Waals surface area contributed by atoms with Gasteiger partial charge in [0, 0.05) is 21.6 Å². The van der Waals surface area contributed by atoms with E-state index in [1.54, 1.807) is 6.07 Å². The molecule has 2 heteroatoms. The van der Waals surface area contributed by atoms with Crippen molar-refractivity contribution < 1.29 is 23.9 Å². The van der Waals surface area contributed by atoms with E-state index in [9.17, 15) is 0 Å². The lowest BCUT2D eigenvalue weighted by Gasteiger charge is -2.22. The van der Waals surface area contributed by atoms with Crippen molar-refractivity contribution >= 4 is 0 Å². The Morgan fingerprint density at radius 1 is 1.15 bits per heavy atom. The van der Waals surface area contributed by atoms with E-state index in [1.807, 2.05) is 0 Å². The Morgan fingerprint density at radius 3 is 2.65 bits per heavy atom. The second-order valence-corrected chi connectivity index (χ2v) is 3.89. The number of rotatable bonds is 6. The van der Waals surface area contributed by atoms with E-state index in [2.05, 4.69) is 0 Å². The molecular formula is C18H23NO. The third kappa shape index (κ3) is 3.92. The molecule has 0 spiro atoms. The smallest absolute Gasteiger partial charge is 0.108 e. The van der Waals surface area contributed by atoms with E-state index in [4.69, 9.17) is 23.9 Å². The number of aryl methyl sites for hydroxylation is 1. The van der Waals surface area contributed by atoms with Crippen LogP contribution in [0.2, 0.25) is 0 Å². The number of nitrogens with zero attached hydrogens (tertiary/aromatic N) is 1. The molecule has 1 atom stereocenters. The lowest BCUT2D eigenvalue weighted by Crippen LogP contribution is -2.20. The van der Waals surface area contributed by atoms with Gasteiger partial charge >= 0.3 is 0 Å². The van der Waals surface area contributed by atoms with E-state index in [0.29, 0.717) is 0 Å². The Labute approximate surface area is 141 Å². The molecule has 0 amide bonds. The molecule has 0 aliphatic heterocycles. The fourth-order valence-corrected chi connectivity index (χ4v) is 1.66. The molecule has 0 aliphatic carbocycles. The van der Waals surface area contributed by atoms with Gasteiger partial charge in [0.25, 0.3) is 0 Å².